The molecule has 0 spiro atoms. The fourth-order valence-corrected chi connectivity index (χ4v) is 3.34. The van der Waals surface area contributed by atoms with E-state index < -0.39 is 0 Å². The maximum atomic E-state index is 9.00. The Morgan fingerprint density at radius 1 is 1.27 bits per heavy atom. The van der Waals surface area contributed by atoms with E-state index in [1.54, 1.807) is 0 Å². The number of hydrogen-bond acceptors (Lipinski definition) is 2. The molecule has 1 aliphatic carbocycles. The van der Waals surface area contributed by atoms with Crippen LogP contribution in [0.25, 0.3) is 0 Å². The summed E-state index contributed by atoms with van der Waals surface area (Å²) >= 11 is 3.69. The Labute approximate surface area is 102 Å². The molecule has 0 aromatic rings. The molecular formula is C12H24BrNO. The molecule has 1 fully saturated rings. The molecule has 1 rings (SSSR count). The molecule has 0 unspecified atom stereocenters. The molecule has 0 aromatic carbocycles. The van der Waals surface area contributed by atoms with Crippen molar-refractivity contribution in [3.8, 4) is 0 Å². The van der Waals surface area contributed by atoms with Gasteiger partial charge in [0.05, 0.1) is 6.61 Å². The quantitative estimate of drug-likeness (QED) is 0.755. The first-order chi connectivity index (χ1) is 7.26. The third-order valence-corrected chi connectivity index (χ3v) is 4.81. The van der Waals surface area contributed by atoms with Crippen LogP contribution in [0.4, 0.5) is 0 Å². The fraction of sp³-hybridized carbons (Fsp3) is 1.00. The van der Waals surface area contributed by atoms with Gasteiger partial charge >= 0.3 is 0 Å². The summed E-state index contributed by atoms with van der Waals surface area (Å²) in [5.74, 6) is 0. The summed E-state index contributed by atoms with van der Waals surface area (Å²) in [6, 6.07) is 0. The minimum absolute atomic E-state index is 0.284. The second-order valence-corrected chi connectivity index (χ2v) is 5.35. The predicted octanol–water partition coefficient (Wildman–Crippen LogP) is 2.65. The largest absolute Gasteiger partial charge is 0.395 e. The molecule has 0 heterocycles. The van der Waals surface area contributed by atoms with Crippen LogP contribution in [0.5, 0.6) is 0 Å². The minimum Gasteiger partial charge on any atom is -0.395 e. The summed E-state index contributed by atoms with van der Waals surface area (Å²) in [6.45, 7) is 5.49. The second-order valence-electron chi connectivity index (χ2n) is 4.79. The molecule has 1 aliphatic rings. The zero-order valence-electron chi connectivity index (χ0n) is 9.84. The summed E-state index contributed by atoms with van der Waals surface area (Å²) in [7, 11) is 0. The summed E-state index contributed by atoms with van der Waals surface area (Å²) in [6.07, 6.45) is 6.85. The highest BCUT2D eigenvalue weighted by molar-refractivity contribution is 9.09. The van der Waals surface area contributed by atoms with Gasteiger partial charge in [-0.15, -0.1) is 0 Å². The number of rotatable bonds is 6. The molecule has 0 bridgehead atoms. The van der Waals surface area contributed by atoms with Gasteiger partial charge in [0, 0.05) is 18.4 Å². The van der Waals surface area contributed by atoms with Crippen LogP contribution in [0.2, 0.25) is 0 Å². The van der Waals surface area contributed by atoms with Crippen molar-refractivity contribution in [1.82, 2.24) is 4.90 Å². The first kappa shape index (κ1) is 13.5. The average Bonchev–Trinajstić information content (AvgIpc) is 2.30. The lowest BCUT2D eigenvalue weighted by atomic mass is 9.75. The SMILES string of the molecule is CCN(CCO)CC1(CBr)CCCCC1. The third kappa shape index (κ3) is 4.04. The van der Waals surface area contributed by atoms with Crippen LogP contribution in [-0.2, 0) is 0 Å². The Bertz CT molecular complexity index is 169. The molecule has 0 saturated heterocycles. The van der Waals surface area contributed by atoms with E-state index in [1.165, 1.54) is 32.1 Å². The molecule has 3 heteroatoms. The van der Waals surface area contributed by atoms with Crippen molar-refractivity contribution in [3.05, 3.63) is 0 Å². The van der Waals surface area contributed by atoms with Gasteiger partial charge in [-0.25, -0.2) is 0 Å². The number of nitrogens with zero attached hydrogens (tertiary/aromatic N) is 1. The number of aliphatic hydroxyl groups excluding tert-OH is 1. The van der Waals surface area contributed by atoms with E-state index in [2.05, 4.69) is 27.8 Å². The van der Waals surface area contributed by atoms with Crippen molar-refractivity contribution in [3.63, 3.8) is 0 Å². The first-order valence-corrected chi connectivity index (χ1v) is 7.27. The van der Waals surface area contributed by atoms with E-state index in [0.717, 1.165) is 25.0 Å². The number of hydrogen-bond donors (Lipinski definition) is 1. The highest BCUT2D eigenvalue weighted by atomic mass is 79.9. The van der Waals surface area contributed by atoms with Crippen LogP contribution in [0.3, 0.4) is 0 Å². The Morgan fingerprint density at radius 2 is 1.93 bits per heavy atom. The van der Waals surface area contributed by atoms with Gasteiger partial charge < -0.3 is 10.0 Å². The Hall–Kier alpha value is 0.400. The van der Waals surface area contributed by atoms with E-state index >= 15 is 0 Å². The van der Waals surface area contributed by atoms with E-state index in [1.807, 2.05) is 0 Å². The molecule has 0 radical (unpaired) electrons. The van der Waals surface area contributed by atoms with Gasteiger partial charge in [-0.3, -0.25) is 0 Å². The van der Waals surface area contributed by atoms with Gasteiger partial charge in [-0.1, -0.05) is 42.1 Å². The topological polar surface area (TPSA) is 23.5 Å². The van der Waals surface area contributed by atoms with E-state index in [-0.39, 0.29) is 6.61 Å². The van der Waals surface area contributed by atoms with Gasteiger partial charge in [0.2, 0.25) is 0 Å². The molecule has 2 nitrogen and oxygen atoms in total. The molecule has 1 saturated carbocycles. The number of likely N-dealkylation sites (N-methyl/N-ethyl adjacent to an activating group) is 1. The summed E-state index contributed by atoms with van der Waals surface area (Å²) < 4.78 is 0. The molecule has 0 atom stereocenters. The molecule has 0 aliphatic heterocycles. The van der Waals surface area contributed by atoms with Crippen LogP contribution in [0.1, 0.15) is 39.0 Å². The van der Waals surface area contributed by atoms with Gasteiger partial charge in [-0.05, 0) is 24.8 Å². The lowest BCUT2D eigenvalue weighted by Crippen LogP contribution is -2.41. The van der Waals surface area contributed by atoms with Crippen LogP contribution in [0, 0.1) is 5.41 Å². The van der Waals surface area contributed by atoms with Gasteiger partial charge in [0.25, 0.3) is 0 Å². The van der Waals surface area contributed by atoms with E-state index in [9.17, 15) is 0 Å². The fourth-order valence-electron chi connectivity index (χ4n) is 2.60. The molecular weight excluding hydrogens is 254 g/mol. The average molecular weight is 278 g/mol. The zero-order chi connectivity index (χ0) is 11.1. The van der Waals surface area contributed by atoms with Crippen molar-refractivity contribution in [2.75, 3.05) is 31.6 Å². The third-order valence-electron chi connectivity index (χ3n) is 3.62. The Balaban J connectivity index is 2.49. The van der Waals surface area contributed by atoms with Crippen LogP contribution in [-0.4, -0.2) is 41.6 Å². The molecule has 1 N–H and O–H groups in total. The second kappa shape index (κ2) is 6.87. The number of aliphatic hydroxyl groups is 1. The monoisotopic (exact) mass is 277 g/mol. The van der Waals surface area contributed by atoms with Gasteiger partial charge in [0.15, 0.2) is 0 Å². The molecule has 0 amide bonds. The lowest BCUT2D eigenvalue weighted by Gasteiger charge is -2.39. The minimum atomic E-state index is 0.284. The van der Waals surface area contributed by atoms with Gasteiger partial charge in [-0.2, -0.15) is 0 Å². The Kier molecular flexibility index (Phi) is 6.17. The highest BCUT2D eigenvalue weighted by Crippen LogP contribution is 2.38. The summed E-state index contributed by atoms with van der Waals surface area (Å²) in [5, 5.41) is 10.1. The molecule has 15 heavy (non-hydrogen) atoms. The van der Waals surface area contributed by atoms with Crippen molar-refractivity contribution >= 4 is 15.9 Å². The normalized spacial score (nSPS) is 20.8. The smallest absolute Gasteiger partial charge is 0.0558 e. The number of alkyl halides is 1. The first-order valence-electron chi connectivity index (χ1n) is 6.15. The zero-order valence-corrected chi connectivity index (χ0v) is 11.4. The van der Waals surface area contributed by atoms with E-state index in [0.29, 0.717) is 5.41 Å². The maximum Gasteiger partial charge on any atom is 0.0558 e. The van der Waals surface area contributed by atoms with Crippen molar-refractivity contribution in [1.29, 1.82) is 0 Å². The summed E-state index contributed by atoms with van der Waals surface area (Å²) in [5.41, 5.74) is 0.476. The van der Waals surface area contributed by atoms with Crippen LogP contribution in [0.15, 0.2) is 0 Å². The van der Waals surface area contributed by atoms with Crippen LogP contribution < -0.4 is 0 Å². The van der Waals surface area contributed by atoms with Crippen LogP contribution >= 0.6 is 15.9 Å². The van der Waals surface area contributed by atoms with Crippen molar-refractivity contribution < 1.29 is 5.11 Å². The van der Waals surface area contributed by atoms with E-state index in [4.69, 9.17) is 5.11 Å². The standard InChI is InChI=1S/C12H24BrNO/c1-2-14(8-9-15)11-12(10-13)6-4-3-5-7-12/h15H,2-11H2,1H3. The lowest BCUT2D eigenvalue weighted by molar-refractivity contribution is 0.112. The van der Waals surface area contributed by atoms with Gasteiger partial charge in [0.1, 0.15) is 0 Å². The molecule has 90 valence electrons. The predicted molar refractivity (Wildman–Crippen MR) is 68.5 cm³/mol. The maximum absolute atomic E-state index is 9.00. The van der Waals surface area contributed by atoms with Crippen molar-refractivity contribution in [2.45, 2.75) is 39.0 Å². The Morgan fingerprint density at radius 3 is 2.40 bits per heavy atom. The van der Waals surface area contributed by atoms with Crippen molar-refractivity contribution in [2.24, 2.45) is 5.41 Å². The summed E-state index contributed by atoms with van der Waals surface area (Å²) in [4.78, 5) is 2.38. The highest BCUT2D eigenvalue weighted by Gasteiger charge is 2.32. The molecule has 0 aromatic heterocycles. The number of halogens is 1.